The van der Waals surface area contributed by atoms with Gasteiger partial charge in [0.15, 0.2) is 0 Å². The molecule has 5 nitrogen and oxygen atoms in total. The summed E-state index contributed by atoms with van der Waals surface area (Å²) in [6.07, 6.45) is 8.63. The lowest BCUT2D eigenvalue weighted by atomic mass is 9.96. The summed E-state index contributed by atoms with van der Waals surface area (Å²) in [5.74, 6) is -0.320. The molecule has 0 aliphatic heterocycles. The van der Waals surface area contributed by atoms with Crippen LogP contribution in [0.5, 0.6) is 0 Å². The van der Waals surface area contributed by atoms with Crippen molar-refractivity contribution in [3.05, 3.63) is 16.0 Å². The zero-order valence-electron chi connectivity index (χ0n) is 13.6. The van der Waals surface area contributed by atoms with Gasteiger partial charge in [-0.15, -0.1) is 11.3 Å². The van der Waals surface area contributed by atoms with Crippen LogP contribution in [0.25, 0.3) is 0 Å². The van der Waals surface area contributed by atoms with E-state index in [1.54, 1.807) is 6.92 Å². The molecular weight excluding hydrogens is 312 g/mol. The number of carbonyl (C=O) groups is 2. The van der Waals surface area contributed by atoms with Gasteiger partial charge >= 0.3 is 12.0 Å². The maximum atomic E-state index is 12.3. The van der Waals surface area contributed by atoms with Crippen molar-refractivity contribution in [3.8, 4) is 0 Å². The fourth-order valence-corrected chi connectivity index (χ4v) is 4.76. The van der Waals surface area contributed by atoms with Crippen molar-refractivity contribution in [2.75, 3.05) is 11.9 Å². The second-order valence-electron chi connectivity index (χ2n) is 6.22. The first kappa shape index (κ1) is 16.3. The lowest BCUT2D eigenvalue weighted by molar-refractivity contribution is 0.0527. The van der Waals surface area contributed by atoms with Crippen molar-refractivity contribution in [1.29, 1.82) is 0 Å². The number of esters is 1. The summed E-state index contributed by atoms with van der Waals surface area (Å²) in [6.45, 7) is 2.14. The van der Waals surface area contributed by atoms with Crippen LogP contribution >= 0.6 is 11.3 Å². The van der Waals surface area contributed by atoms with E-state index in [0.717, 1.165) is 37.7 Å². The van der Waals surface area contributed by atoms with E-state index in [9.17, 15) is 9.59 Å². The summed E-state index contributed by atoms with van der Waals surface area (Å²) in [6, 6.07) is 0.0453. The van der Waals surface area contributed by atoms with Crippen LogP contribution in [0.1, 0.15) is 66.2 Å². The molecule has 2 aliphatic rings. The summed E-state index contributed by atoms with van der Waals surface area (Å²) < 4.78 is 5.18. The number of fused-ring (bicyclic) bond motifs is 1. The molecule has 0 spiro atoms. The Morgan fingerprint density at radius 1 is 1.17 bits per heavy atom. The van der Waals surface area contributed by atoms with Gasteiger partial charge in [0.25, 0.3) is 0 Å². The van der Waals surface area contributed by atoms with Gasteiger partial charge in [-0.25, -0.2) is 9.59 Å². The number of carbonyl (C=O) groups excluding carboxylic acids is 2. The molecule has 0 radical (unpaired) electrons. The zero-order chi connectivity index (χ0) is 16.2. The van der Waals surface area contributed by atoms with Gasteiger partial charge < -0.3 is 10.1 Å². The molecule has 1 saturated carbocycles. The second-order valence-corrected chi connectivity index (χ2v) is 7.32. The lowest BCUT2D eigenvalue weighted by Crippen LogP contribution is -2.39. The van der Waals surface area contributed by atoms with Crippen molar-refractivity contribution in [2.45, 2.75) is 64.3 Å². The predicted octanol–water partition coefficient (Wildman–Crippen LogP) is 3.87. The molecule has 1 aromatic heterocycles. The number of urea groups is 1. The minimum absolute atomic E-state index is 0.206. The number of aryl methyl sites for hydroxylation is 1. The molecule has 0 bridgehead atoms. The Hall–Kier alpha value is -1.56. The first-order valence-corrected chi connectivity index (χ1v) is 9.40. The van der Waals surface area contributed by atoms with E-state index in [1.807, 2.05) is 0 Å². The van der Waals surface area contributed by atoms with Gasteiger partial charge in [0.2, 0.25) is 0 Å². The molecule has 0 saturated heterocycles. The van der Waals surface area contributed by atoms with Crippen LogP contribution in [0.4, 0.5) is 9.80 Å². The molecule has 126 valence electrons. The lowest BCUT2D eigenvalue weighted by Gasteiger charge is -2.22. The normalized spacial score (nSPS) is 17.6. The summed E-state index contributed by atoms with van der Waals surface area (Å²) in [7, 11) is 0. The molecule has 0 atom stereocenters. The van der Waals surface area contributed by atoms with Crippen LogP contribution in [-0.2, 0) is 17.6 Å². The van der Waals surface area contributed by atoms with Gasteiger partial charge in [0.05, 0.1) is 12.2 Å². The Kier molecular flexibility index (Phi) is 5.20. The van der Waals surface area contributed by atoms with E-state index >= 15 is 0 Å². The molecule has 0 aromatic carbocycles. The fraction of sp³-hybridized carbons (Fsp3) is 0.647. The number of hydrogen-bond donors (Lipinski definition) is 2. The van der Waals surface area contributed by atoms with Gasteiger partial charge in [-0.3, -0.25) is 5.32 Å². The quantitative estimate of drug-likeness (QED) is 0.820. The topological polar surface area (TPSA) is 67.4 Å². The molecule has 2 amide bonds. The van der Waals surface area contributed by atoms with Crippen LogP contribution in [0.2, 0.25) is 0 Å². The molecule has 1 aromatic rings. The fourth-order valence-electron chi connectivity index (χ4n) is 3.48. The molecule has 1 heterocycles. The number of hydrogen-bond acceptors (Lipinski definition) is 4. The number of anilines is 1. The van der Waals surface area contributed by atoms with Crippen molar-refractivity contribution < 1.29 is 14.3 Å². The summed E-state index contributed by atoms with van der Waals surface area (Å²) in [5, 5.41) is 6.57. The van der Waals surface area contributed by atoms with Gasteiger partial charge in [-0.05, 0) is 44.6 Å². The first-order valence-electron chi connectivity index (χ1n) is 8.58. The van der Waals surface area contributed by atoms with Crippen LogP contribution in [0.3, 0.4) is 0 Å². The summed E-state index contributed by atoms with van der Waals surface area (Å²) >= 11 is 1.52. The highest BCUT2D eigenvalue weighted by Crippen LogP contribution is 2.39. The van der Waals surface area contributed by atoms with Crippen molar-refractivity contribution in [3.63, 3.8) is 0 Å². The highest BCUT2D eigenvalue weighted by atomic mass is 32.1. The van der Waals surface area contributed by atoms with Crippen LogP contribution in [-0.4, -0.2) is 24.6 Å². The van der Waals surface area contributed by atoms with Gasteiger partial charge in [0.1, 0.15) is 5.00 Å². The highest BCUT2D eigenvalue weighted by molar-refractivity contribution is 7.17. The Bertz CT molecular complexity index is 591. The first-order chi connectivity index (χ1) is 11.2. The van der Waals surface area contributed by atoms with Crippen molar-refractivity contribution in [1.82, 2.24) is 5.32 Å². The number of rotatable bonds is 4. The molecule has 2 N–H and O–H groups in total. The molecule has 1 fully saturated rings. The smallest absolute Gasteiger partial charge is 0.341 e. The largest absolute Gasteiger partial charge is 0.462 e. The molecular formula is C17H24N2O3S. The van der Waals surface area contributed by atoms with Crippen molar-refractivity contribution in [2.24, 2.45) is 0 Å². The third kappa shape index (κ3) is 3.68. The van der Waals surface area contributed by atoms with Gasteiger partial charge in [-0.2, -0.15) is 0 Å². The Morgan fingerprint density at radius 2 is 1.96 bits per heavy atom. The number of ether oxygens (including phenoxy) is 1. The average Bonchev–Trinajstić information content (AvgIpc) is 3.08. The maximum absolute atomic E-state index is 12.3. The van der Waals surface area contributed by atoms with E-state index in [-0.39, 0.29) is 18.0 Å². The van der Waals surface area contributed by atoms with Crippen molar-refractivity contribution >= 4 is 28.3 Å². The second kappa shape index (κ2) is 7.34. The van der Waals surface area contributed by atoms with E-state index in [2.05, 4.69) is 10.6 Å². The maximum Gasteiger partial charge on any atom is 0.341 e. The van der Waals surface area contributed by atoms with E-state index in [1.165, 1.54) is 35.5 Å². The molecule has 23 heavy (non-hydrogen) atoms. The SMILES string of the molecule is CCOC(=O)c1c(NC(=O)NC2CCCCC2)sc2c1CCC2. The van der Waals surface area contributed by atoms with E-state index < -0.39 is 0 Å². The summed E-state index contributed by atoms with van der Waals surface area (Å²) in [4.78, 5) is 25.8. The summed E-state index contributed by atoms with van der Waals surface area (Å²) in [5.41, 5.74) is 1.64. The van der Waals surface area contributed by atoms with Crippen LogP contribution in [0.15, 0.2) is 0 Å². The Morgan fingerprint density at radius 3 is 2.70 bits per heavy atom. The number of amides is 2. The van der Waals surface area contributed by atoms with E-state index in [4.69, 9.17) is 4.74 Å². The molecule has 6 heteroatoms. The third-order valence-corrected chi connectivity index (χ3v) is 5.78. The average molecular weight is 336 g/mol. The Balaban J connectivity index is 1.71. The minimum atomic E-state index is -0.320. The Labute approximate surface area is 140 Å². The molecule has 3 rings (SSSR count). The number of nitrogens with one attached hydrogen (secondary N) is 2. The monoisotopic (exact) mass is 336 g/mol. The predicted molar refractivity (Wildman–Crippen MR) is 91.3 cm³/mol. The van der Waals surface area contributed by atoms with Crippen LogP contribution < -0.4 is 10.6 Å². The number of thiophene rings is 1. The van der Waals surface area contributed by atoms with E-state index in [0.29, 0.717) is 17.2 Å². The zero-order valence-corrected chi connectivity index (χ0v) is 14.4. The molecule has 0 unspecified atom stereocenters. The standard InChI is InChI=1S/C17H24N2O3S/c1-2-22-16(20)14-12-9-6-10-13(12)23-15(14)19-17(21)18-11-7-4-3-5-8-11/h11H,2-10H2,1H3,(H2,18,19,21). The minimum Gasteiger partial charge on any atom is -0.462 e. The van der Waals surface area contributed by atoms with Crippen LogP contribution in [0, 0.1) is 0 Å². The molecule has 2 aliphatic carbocycles. The van der Waals surface area contributed by atoms with Gasteiger partial charge in [0, 0.05) is 10.9 Å². The highest BCUT2D eigenvalue weighted by Gasteiger charge is 2.28. The third-order valence-electron chi connectivity index (χ3n) is 4.57. The van der Waals surface area contributed by atoms with Gasteiger partial charge in [-0.1, -0.05) is 19.3 Å².